The number of aryl methyl sites for hydroxylation is 1. The topological polar surface area (TPSA) is 56.6 Å². The number of hydrogen-bond donors (Lipinski definition) is 1. The van der Waals surface area contributed by atoms with Crippen LogP contribution in [0.5, 0.6) is 0 Å². The van der Waals surface area contributed by atoms with Gasteiger partial charge in [-0.15, -0.1) is 0 Å². The second kappa shape index (κ2) is 11.5. The summed E-state index contributed by atoms with van der Waals surface area (Å²) in [5.41, 5.74) is 0. The van der Waals surface area contributed by atoms with Gasteiger partial charge in [-0.1, -0.05) is 0 Å². The van der Waals surface area contributed by atoms with E-state index >= 15 is 0 Å². The summed E-state index contributed by atoms with van der Waals surface area (Å²) in [6.45, 7) is 19.9. The van der Waals surface area contributed by atoms with Crippen molar-refractivity contribution in [3.63, 3.8) is 0 Å². The number of aromatic nitrogens is 2. The van der Waals surface area contributed by atoms with Gasteiger partial charge >= 0.3 is 17.1 Å². The van der Waals surface area contributed by atoms with Gasteiger partial charge in [0, 0.05) is 13.7 Å². The van der Waals surface area contributed by atoms with Crippen LogP contribution in [-0.4, -0.2) is 52.5 Å². The van der Waals surface area contributed by atoms with Gasteiger partial charge in [0.1, 0.15) is 12.4 Å². The standard InChI is InChI=1S/C19H44N2O4Si4/c1-22-16-10-11-17-28(8,23-26(2,3)4)25-29(9,24-27(5,6)7)18-12-14-21-15-13-20-19-21/h13,15,19H,10-12,14,16-18H2,1-9H3/p+1. The van der Waals surface area contributed by atoms with E-state index in [4.69, 9.17) is 17.1 Å². The lowest BCUT2D eigenvalue weighted by Crippen LogP contribution is -2.58. The van der Waals surface area contributed by atoms with Gasteiger partial charge in [0.05, 0.1) is 6.54 Å². The Bertz CT molecular complexity index is 578. The molecule has 0 amide bonds. The number of nitrogens with zero attached hydrogens (tertiary/aromatic N) is 1. The third-order valence-corrected chi connectivity index (χ3v) is 18.7. The first-order valence-corrected chi connectivity index (χ1v) is 22.7. The maximum atomic E-state index is 7.02. The van der Waals surface area contributed by atoms with Crippen molar-refractivity contribution < 1.29 is 21.6 Å². The highest BCUT2D eigenvalue weighted by molar-refractivity contribution is 6.89. The number of nitrogens with one attached hydrogen (secondary N) is 1. The van der Waals surface area contributed by atoms with E-state index in [1.165, 1.54) is 0 Å². The zero-order valence-electron chi connectivity index (χ0n) is 20.3. The average Bonchev–Trinajstić information content (AvgIpc) is 3.00. The van der Waals surface area contributed by atoms with Crippen LogP contribution in [0.15, 0.2) is 18.7 Å². The predicted molar refractivity (Wildman–Crippen MR) is 130 cm³/mol. The van der Waals surface area contributed by atoms with Gasteiger partial charge in [-0.3, -0.25) is 4.98 Å². The third-order valence-electron chi connectivity index (χ3n) is 4.36. The number of H-pyrrole nitrogens is 1. The molecule has 0 bridgehead atoms. The number of unbranched alkanes of at least 4 members (excludes halogenated alkanes) is 1. The molecule has 0 aliphatic carbocycles. The van der Waals surface area contributed by atoms with Crippen molar-refractivity contribution in [3.05, 3.63) is 18.7 Å². The van der Waals surface area contributed by atoms with E-state index < -0.39 is 33.8 Å². The van der Waals surface area contributed by atoms with E-state index in [0.29, 0.717) is 0 Å². The lowest BCUT2D eigenvalue weighted by molar-refractivity contribution is -0.695. The second-order valence-electron chi connectivity index (χ2n) is 10.2. The number of ether oxygens (including phenoxy) is 1. The first kappa shape index (κ1) is 27.0. The summed E-state index contributed by atoms with van der Waals surface area (Å²) in [7, 11) is -6.37. The zero-order valence-corrected chi connectivity index (χ0v) is 24.3. The SMILES string of the molecule is COCCCC[Si](C)(O[Si](C)(C)C)O[Si](C)(CCC[n+]1cc[nH]c1)O[Si](C)(C)C. The maximum Gasteiger partial charge on any atom is 0.316 e. The molecular formula is C19H45N2O4Si4+. The quantitative estimate of drug-likeness (QED) is 0.220. The Labute approximate surface area is 183 Å². The van der Waals surface area contributed by atoms with Gasteiger partial charge in [0.2, 0.25) is 6.33 Å². The molecule has 0 saturated carbocycles. The van der Waals surface area contributed by atoms with Crippen LogP contribution in [0.1, 0.15) is 19.3 Å². The number of hydrogen-bond acceptors (Lipinski definition) is 4. The molecule has 0 spiro atoms. The normalized spacial score (nSPS) is 17.1. The molecule has 10 heteroatoms. The van der Waals surface area contributed by atoms with Gasteiger partial charge in [-0.25, -0.2) is 4.57 Å². The van der Waals surface area contributed by atoms with Crippen molar-refractivity contribution in [2.45, 2.75) is 90.3 Å². The van der Waals surface area contributed by atoms with Crippen molar-refractivity contribution >= 4 is 33.8 Å². The summed E-state index contributed by atoms with van der Waals surface area (Å²) < 4.78 is 28.0. The van der Waals surface area contributed by atoms with E-state index in [0.717, 1.165) is 44.5 Å². The molecule has 170 valence electrons. The van der Waals surface area contributed by atoms with Crippen molar-refractivity contribution in [1.82, 2.24) is 4.98 Å². The van der Waals surface area contributed by atoms with E-state index in [1.807, 2.05) is 12.5 Å². The summed E-state index contributed by atoms with van der Waals surface area (Å²) in [6.07, 6.45) is 9.21. The molecule has 6 nitrogen and oxygen atoms in total. The monoisotopic (exact) mass is 477 g/mol. The second-order valence-corrected chi connectivity index (χ2v) is 26.6. The number of methoxy groups -OCH3 is 1. The Hall–Kier alpha value is -0.0825. The number of aromatic amines is 1. The molecule has 0 aliphatic rings. The Morgan fingerprint density at radius 3 is 1.76 bits per heavy atom. The largest absolute Gasteiger partial charge is 0.437 e. The molecule has 29 heavy (non-hydrogen) atoms. The minimum Gasteiger partial charge on any atom is -0.437 e. The third kappa shape index (κ3) is 12.4. The minimum atomic E-state index is -2.36. The van der Waals surface area contributed by atoms with Crippen LogP contribution in [-0.2, 0) is 23.6 Å². The van der Waals surface area contributed by atoms with Gasteiger partial charge in [0.25, 0.3) is 0 Å². The first-order chi connectivity index (χ1) is 13.3. The van der Waals surface area contributed by atoms with Gasteiger partial charge in [-0.2, -0.15) is 0 Å². The first-order valence-electron chi connectivity index (χ1n) is 10.9. The summed E-state index contributed by atoms with van der Waals surface area (Å²) in [6, 6.07) is 2.00. The summed E-state index contributed by atoms with van der Waals surface area (Å²) in [4.78, 5) is 3.11. The Morgan fingerprint density at radius 2 is 1.31 bits per heavy atom. The van der Waals surface area contributed by atoms with Gasteiger partial charge in [-0.05, 0) is 83.7 Å². The van der Waals surface area contributed by atoms with E-state index in [2.05, 4.69) is 68.1 Å². The fourth-order valence-corrected chi connectivity index (χ4v) is 22.2. The molecule has 1 rings (SSSR count). The molecule has 1 heterocycles. The lowest BCUT2D eigenvalue weighted by atomic mass is 10.4. The summed E-state index contributed by atoms with van der Waals surface area (Å²) >= 11 is 0. The van der Waals surface area contributed by atoms with Crippen LogP contribution in [0.2, 0.25) is 64.5 Å². The fraction of sp³-hybridized carbons (Fsp3) is 0.842. The maximum absolute atomic E-state index is 7.02. The fourth-order valence-electron chi connectivity index (χ4n) is 3.73. The van der Waals surface area contributed by atoms with E-state index in [1.54, 1.807) is 7.11 Å². The molecule has 0 aliphatic heterocycles. The number of imidazole rings is 1. The predicted octanol–water partition coefficient (Wildman–Crippen LogP) is 4.98. The highest BCUT2D eigenvalue weighted by Gasteiger charge is 2.46. The Morgan fingerprint density at radius 1 is 0.759 bits per heavy atom. The average molecular weight is 478 g/mol. The molecule has 1 aromatic heterocycles. The van der Waals surface area contributed by atoms with Crippen LogP contribution < -0.4 is 4.57 Å². The molecule has 0 aromatic carbocycles. The number of rotatable bonds is 15. The zero-order chi connectivity index (χ0) is 22.2. The van der Waals surface area contributed by atoms with E-state index in [-0.39, 0.29) is 0 Å². The van der Waals surface area contributed by atoms with Crippen molar-refractivity contribution in [3.8, 4) is 0 Å². The smallest absolute Gasteiger partial charge is 0.316 e. The van der Waals surface area contributed by atoms with Crippen LogP contribution in [0.25, 0.3) is 0 Å². The summed E-state index contributed by atoms with van der Waals surface area (Å²) in [5, 5.41) is 0. The molecule has 2 unspecified atom stereocenters. The molecule has 1 N–H and O–H groups in total. The Balaban J connectivity index is 2.91. The van der Waals surface area contributed by atoms with Crippen molar-refractivity contribution in [2.75, 3.05) is 13.7 Å². The van der Waals surface area contributed by atoms with Gasteiger partial charge in [0.15, 0.2) is 16.6 Å². The van der Waals surface area contributed by atoms with Crippen LogP contribution in [0.4, 0.5) is 0 Å². The van der Waals surface area contributed by atoms with Crippen LogP contribution >= 0.6 is 0 Å². The Kier molecular flexibility index (Phi) is 10.7. The van der Waals surface area contributed by atoms with Crippen molar-refractivity contribution in [2.24, 2.45) is 0 Å². The van der Waals surface area contributed by atoms with E-state index in [9.17, 15) is 0 Å². The molecule has 0 saturated heterocycles. The molecule has 0 radical (unpaired) electrons. The highest BCUT2D eigenvalue weighted by Crippen LogP contribution is 2.31. The van der Waals surface area contributed by atoms with Crippen LogP contribution in [0.3, 0.4) is 0 Å². The minimum absolute atomic E-state index is 0.797. The lowest BCUT2D eigenvalue weighted by Gasteiger charge is -2.43. The molecular weight excluding hydrogens is 433 g/mol. The molecule has 0 fully saturated rings. The molecule has 1 aromatic rings. The molecule has 2 atom stereocenters. The highest BCUT2D eigenvalue weighted by atomic mass is 28.5. The van der Waals surface area contributed by atoms with Gasteiger partial charge < -0.3 is 17.1 Å². The van der Waals surface area contributed by atoms with Crippen molar-refractivity contribution in [1.29, 1.82) is 0 Å². The van der Waals surface area contributed by atoms with Crippen LogP contribution in [0, 0.1) is 0 Å². The summed E-state index contributed by atoms with van der Waals surface area (Å²) in [5.74, 6) is 0.